The molecule has 3 nitrogen and oxygen atoms in total. The second-order valence-electron chi connectivity index (χ2n) is 4.06. The molecule has 1 heterocycles. The third-order valence-electron chi connectivity index (χ3n) is 2.77. The van der Waals surface area contributed by atoms with Crippen molar-refractivity contribution in [3.05, 3.63) is 45.9 Å². The van der Waals surface area contributed by atoms with Crippen LogP contribution in [0.1, 0.15) is 21.5 Å². The molecule has 0 amide bonds. The van der Waals surface area contributed by atoms with Gasteiger partial charge in [-0.15, -0.1) is 11.3 Å². The van der Waals surface area contributed by atoms with Gasteiger partial charge in [-0.1, -0.05) is 12.1 Å². The molecule has 2 rings (SSSR count). The normalized spacial score (nSPS) is 13.2. The number of halogens is 3. The van der Waals surface area contributed by atoms with Gasteiger partial charge in [-0.3, -0.25) is 0 Å². The summed E-state index contributed by atoms with van der Waals surface area (Å²) in [6.07, 6.45) is -3.15. The quantitative estimate of drug-likeness (QED) is 0.939. The Kier molecular flexibility index (Phi) is 4.29. The molecule has 20 heavy (non-hydrogen) atoms. The number of thiazole rings is 1. The minimum atomic E-state index is -4.41. The predicted octanol–water partition coefficient (Wildman–Crippen LogP) is 3.48. The molecule has 2 aromatic rings. The summed E-state index contributed by atoms with van der Waals surface area (Å²) < 4.78 is 42.9. The van der Waals surface area contributed by atoms with Crippen LogP contribution in [-0.4, -0.2) is 19.1 Å². The molecular weight excluding hydrogens is 289 g/mol. The van der Waals surface area contributed by atoms with E-state index in [9.17, 15) is 13.2 Å². The van der Waals surface area contributed by atoms with Crippen LogP contribution in [0.4, 0.5) is 13.2 Å². The van der Waals surface area contributed by atoms with Crippen molar-refractivity contribution < 1.29 is 17.9 Å². The van der Waals surface area contributed by atoms with Crippen LogP contribution in [0.25, 0.3) is 0 Å². The first-order valence-corrected chi connectivity index (χ1v) is 6.61. The van der Waals surface area contributed by atoms with E-state index in [-0.39, 0.29) is 6.04 Å². The molecule has 0 radical (unpaired) electrons. The molecule has 0 aliphatic rings. The lowest BCUT2D eigenvalue weighted by Crippen LogP contribution is -2.16. The Balaban J connectivity index is 2.34. The highest BCUT2D eigenvalue weighted by atomic mass is 32.1. The highest BCUT2D eigenvalue weighted by Crippen LogP contribution is 2.36. The molecule has 1 aromatic carbocycles. The van der Waals surface area contributed by atoms with Crippen LogP contribution in [-0.2, 0) is 6.18 Å². The van der Waals surface area contributed by atoms with E-state index in [0.29, 0.717) is 22.0 Å². The van der Waals surface area contributed by atoms with Crippen molar-refractivity contribution in [1.29, 1.82) is 0 Å². The van der Waals surface area contributed by atoms with Gasteiger partial charge >= 0.3 is 6.18 Å². The van der Waals surface area contributed by atoms with E-state index in [1.54, 1.807) is 32.4 Å². The topological polar surface area (TPSA) is 34.1 Å². The molecule has 1 unspecified atom stereocenters. The number of aromatic nitrogens is 1. The van der Waals surface area contributed by atoms with Gasteiger partial charge in [0.15, 0.2) is 5.01 Å². The molecule has 1 atom stereocenters. The number of ether oxygens (including phenoxy) is 1. The van der Waals surface area contributed by atoms with Crippen molar-refractivity contribution in [1.82, 2.24) is 10.3 Å². The number of nitrogens with zero attached hydrogens (tertiary/aromatic N) is 1. The van der Waals surface area contributed by atoms with Crippen LogP contribution in [0.15, 0.2) is 30.5 Å². The minimum absolute atomic E-state index is 0.348. The Hall–Kier alpha value is -1.60. The molecule has 0 bridgehead atoms. The average Bonchev–Trinajstić information content (AvgIpc) is 2.89. The number of benzene rings is 1. The lowest BCUT2D eigenvalue weighted by Gasteiger charge is -2.15. The van der Waals surface area contributed by atoms with Gasteiger partial charge in [-0.2, -0.15) is 13.2 Å². The lowest BCUT2D eigenvalue weighted by atomic mass is 10.1. The zero-order chi connectivity index (χ0) is 14.8. The van der Waals surface area contributed by atoms with Crippen molar-refractivity contribution in [2.24, 2.45) is 0 Å². The van der Waals surface area contributed by atoms with Gasteiger partial charge in [-0.05, 0) is 24.7 Å². The Morgan fingerprint density at radius 1 is 1.35 bits per heavy atom. The van der Waals surface area contributed by atoms with Crippen LogP contribution in [0.2, 0.25) is 0 Å². The Labute approximate surface area is 118 Å². The van der Waals surface area contributed by atoms with Crippen molar-refractivity contribution in [2.75, 3.05) is 14.2 Å². The number of rotatable bonds is 4. The molecule has 0 spiro atoms. The van der Waals surface area contributed by atoms with E-state index in [4.69, 9.17) is 4.74 Å². The van der Waals surface area contributed by atoms with Gasteiger partial charge in [0.1, 0.15) is 5.75 Å². The summed E-state index contributed by atoms with van der Waals surface area (Å²) in [7, 11) is 3.24. The second-order valence-corrected chi connectivity index (χ2v) is 5.13. The van der Waals surface area contributed by atoms with E-state index < -0.39 is 11.2 Å². The largest absolute Gasteiger partial charge is 0.497 e. The van der Waals surface area contributed by atoms with Crippen molar-refractivity contribution >= 4 is 11.3 Å². The van der Waals surface area contributed by atoms with Crippen LogP contribution in [0.3, 0.4) is 0 Å². The van der Waals surface area contributed by atoms with E-state index in [1.165, 1.54) is 6.20 Å². The third kappa shape index (κ3) is 3.10. The Morgan fingerprint density at radius 3 is 2.65 bits per heavy atom. The summed E-state index contributed by atoms with van der Waals surface area (Å²) in [6.45, 7) is 0. The van der Waals surface area contributed by atoms with Gasteiger partial charge in [0, 0.05) is 11.1 Å². The number of hydrogen-bond acceptors (Lipinski definition) is 4. The molecule has 7 heteroatoms. The number of methoxy groups -OCH3 is 1. The fraction of sp³-hybridized carbons (Fsp3) is 0.308. The van der Waals surface area contributed by atoms with E-state index in [1.807, 2.05) is 6.07 Å². The molecule has 0 aliphatic carbocycles. The SMILES string of the molecule is CNC(c1cccc(OC)c1)c1cnc(C(F)(F)F)s1. The zero-order valence-electron chi connectivity index (χ0n) is 10.9. The van der Waals surface area contributed by atoms with E-state index in [0.717, 1.165) is 5.56 Å². The third-order valence-corrected chi connectivity index (χ3v) is 3.87. The average molecular weight is 302 g/mol. The number of alkyl halides is 3. The van der Waals surface area contributed by atoms with Gasteiger partial charge in [-0.25, -0.2) is 4.98 Å². The monoisotopic (exact) mass is 302 g/mol. The van der Waals surface area contributed by atoms with Gasteiger partial charge < -0.3 is 10.1 Å². The first kappa shape index (κ1) is 14.8. The molecule has 108 valence electrons. The van der Waals surface area contributed by atoms with E-state index >= 15 is 0 Å². The summed E-state index contributed by atoms with van der Waals surface area (Å²) >= 11 is 0.641. The Morgan fingerprint density at radius 2 is 2.10 bits per heavy atom. The smallest absolute Gasteiger partial charge is 0.443 e. The molecule has 0 aliphatic heterocycles. The van der Waals surface area contributed by atoms with Crippen molar-refractivity contribution in [2.45, 2.75) is 12.2 Å². The maximum atomic E-state index is 12.6. The molecule has 1 aromatic heterocycles. The lowest BCUT2D eigenvalue weighted by molar-refractivity contribution is -0.137. The summed E-state index contributed by atoms with van der Waals surface area (Å²) in [5.74, 6) is 0.656. The molecule has 0 saturated heterocycles. The van der Waals surface area contributed by atoms with Gasteiger partial charge in [0.05, 0.1) is 13.2 Å². The van der Waals surface area contributed by atoms with E-state index in [2.05, 4.69) is 10.3 Å². The van der Waals surface area contributed by atoms with Crippen LogP contribution in [0, 0.1) is 0 Å². The molecule has 0 saturated carbocycles. The number of nitrogens with one attached hydrogen (secondary N) is 1. The summed E-state index contributed by atoms with van der Waals surface area (Å²) in [4.78, 5) is 3.95. The molecule has 1 N–H and O–H groups in total. The van der Waals surface area contributed by atoms with Crippen molar-refractivity contribution in [3.63, 3.8) is 0 Å². The Bertz CT molecular complexity index is 583. The summed E-state index contributed by atoms with van der Waals surface area (Å²) in [5, 5.41) is 2.16. The van der Waals surface area contributed by atoms with Crippen molar-refractivity contribution in [3.8, 4) is 5.75 Å². The second kappa shape index (κ2) is 5.80. The zero-order valence-corrected chi connectivity index (χ0v) is 11.7. The maximum Gasteiger partial charge on any atom is 0.443 e. The van der Waals surface area contributed by atoms with Crippen LogP contribution < -0.4 is 10.1 Å². The predicted molar refractivity (Wildman–Crippen MR) is 71.0 cm³/mol. The molecule has 0 fully saturated rings. The number of hydrogen-bond donors (Lipinski definition) is 1. The summed E-state index contributed by atoms with van der Waals surface area (Å²) in [6, 6.07) is 6.85. The van der Waals surface area contributed by atoms with Crippen LogP contribution in [0.5, 0.6) is 5.75 Å². The standard InChI is InChI=1S/C13H13F3N2OS/c1-17-11(8-4-3-5-9(6-8)19-2)10-7-18-12(20-10)13(14,15)16/h3-7,11,17H,1-2H3. The van der Waals surface area contributed by atoms with Gasteiger partial charge in [0.25, 0.3) is 0 Å². The van der Waals surface area contributed by atoms with Crippen LogP contribution >= 0.6 is 11.3 Å². The molecular formula is C13H13F3N2OS. The van der Waals surface area contributed by atoms with Gasteiger partial charge in [0.2, 0.25) is 0 Å². The first-order valence-electron chi connectivity index (χ1n) is 5.80. The highest BCUT2D eigenvalue weighted by molar-refractivity contribution is 7.11. The minimum Gasteiger partial charge on any atom is -0.497 e. The fourth-order valence-electron chi connectivity index (χ4n) is 1.85. The first-order chi connectivity index (χ1) is 9.45. The highest BCUT2D eigenvalue weighted by Gasteiger charge is 2.35. The fourth-order valence-corrected chi connectivity index (χ4v) is 2.77. The maximum absolute atomic E-state index is 12.6. The summed E-state index contributed by atoms with van der Waals surface area (Å²) in [5.41, 5.74) is 0.823.